The number of alkyl halides is 3. The fraction of sp³-hybridized carbons (Fsp3) is 0.417. The van der Waals surface area contributed by atoms with Gasteiger partial charge in [0.1, 0.15) is 5.75 Å². The number of hydrogen-bond acceptors (Lipinski definition) is 3. The second-order valence-electron chi connectivity index (χ2n) is 4.23. The van der Waals surface area contributed by atoms with E-state index in [4.69, 9.17) is 10.5 Å². The van der Waals surface area contributed by atoms with Gasteiger partial charge < -0.3 is 15.8 Å². The number of methoxy groups -OCH3 is 1. The van der Waals surface area contributed by atoms with Crippen molar-refractivity contribution in [2.24, 2.45) is 5.73 Å². The Bertz CT molecular complexity index is 441. The zero-order valence-electron chi connectivity index (χ0n) is 10.5. The van der Waals surface area contributed by atoms with Crippen LogP contribution in [-0.2, 0) is 11.3 Å². The first-order chi connectivity index (χ1) is 8.68. The van der Waals surface area contributed by atoms with Gasteiger partial charge in [-0.3, -0.25) is 4.79 Å². The number of nitrogens with two attached hydrogens (primary N) is 1. The maximum Gasteiger partial charge on any atom is 0.415 e. The lowest BCUT2D eigenvalue weighted by molar-refractivity contribution is -0.187. The Labute approximate surface area is 108 Å². The molecule has 0 heterocycles. The van der Waals surface area contributed by atoms with Crippen molar-refractivity contribution in [3.63, 3.8) is 0 Å². The van der Waals surface area contributed by atoms with Crippen molar-refractivity contribution in [2.45, 2.75) is 25.2 Å². The van der Waals surface area contributed by atoms with Gasteiger partial charge in [0, 0.05) is 6.54 Å². The highest BCUT2D eigenvalue weighted by Crippen LogP contribution is 2.28. The molecule has 0 radical (unpaired) electrons. The molecule has 1 rings (SSSR count). The van der Waals surface area contributed by atoms with Gasteiger partial charge in [-0.05, 0) is 24.6 Å². The fourth-order valence-corrected chi connectivity index (χ4v) is 1.24. The van der Waals surface area contributed by atoms with Crippen molar-refractivity contribution >= 4 is 5.91 Å². The molecule has 0 spiro atoms. The maximum absolute atomic E-state index is 12.5. The van der Waals surface area contributed by atoms with Gasteiger partial charge in [-0.2, -0.15) is 13.2 Å². The molecule has 3 N–H and O–H groups in total. The molecule has 1 amide bonds. The molecule has 19 heavy (non-hydrogen) atoms. The number of nitrogens with one attached hydrogen (secondary N) is 1. The quantitative estimate of drug-likeness (QED) is 0.877. The van der Waals surface area contributed by atoms with Gasteiger partial charge in [0.15, 0.2) is 5.54 Å². The third-order valence-corrected chi connectivity index (χ3v) is 2.67. The first-order valence-corrected chi connectivity index (χ1v) is 5.45. The molecular weight excluding hydrogens is 261 g/mol. The average Bonchev–Trinajstić information content (AvgIpc) is 2.35. The SMILES string of the molecule is COc1ccc(CNC(=O)C(C)(N)C(F)(F)F)cc1. The highest BCUT2D eigenvalue weighted by molar-refractivity contribution is 5.86. The fourth-order valence-electron chi connectivity index (χ4n) is 1.24. The molecule has 1 atom stereocenters. The minimum Gasteiger partial charge on any atom is -0.497 e. The molecule has 7 heteroatoms. The molecule has 0 aliphatic heterocycles. The Morgan fingerprint density at radius 2 is 1.84 bits per heavy atom. The lowest BCUT2D eigenvalue weighted by atomic mass is 10.0. The van der Waals surface area contributed by atoms with Crippen molar-refractivity contribution < 1.29 is 22.7 Å². The summed E-state index contributed by atoms with van der Waals surface area (Å²) in [6.45, 7) is 0.599. The molecule has 0 saturated carbocycles. The molecule has 0 aromatic heterocycles. The molecule has 0 fully saturated rings. The monoisotopic (exact) mass is 276 g/mol. The number of ether oxygens (including phenoxy) is 1. The smallest absolute Gasteiger partial charge is 0.415 e. The van der Waals surface area contributed by atoms with Gasteiger partial charge in [-0.25, -0.2) is 0 Å². The van der Waals surface area contributed by atoms with Gasteiger partial charge in [0.2, 0.25) is 5.91 Å². The summed E-state index contributed by atoms with van der Waals surface area (Å²) in [6, 6.07) is 6.57. The maximum atomic E-state index is 12.5. The zero-order valence-corrected chi connectivity index (χ0v) is 10.5. The summed E-state index contributed by atoms with van der Waals surface area (Å²) in [7, 11) is 1.50. The summed E-state index contributed by atoms with van der Waals surface area (Å²) in [4.78, 5) is 11.4. The normalized spacial score (nSPS) is 14.6. The van der Waals surface area contributed by atoms with Crippen molar-refractivity contribution in [3.05, 3.63) is 29.8 Å². The van der Waals surface area contributed by atoms with Crippen LogP contribution in [0.2, 0.25) is 0 Å². The van der Waals surface area contributed by atoms with Crippen molar-refractivity contribution in [3.8, 4) is 5.75 Å². The Kier molecular flexibility index (Phi) is 4.41. The molecule has 1 aromatic carbocycles. The van der Waals surface area contributed by atoms with Crippen LogP contribution in [0.1, 0.15) is 12.5 Å². The number of carbonyl (C=O) groups excluding carboxylic acids is 1. The number of rotatable bonds is 4. The van der Waals surface area contributed by atoms with Gasteiger partial charge in [0.25, 0.3) is 0 Å². The summed E-state index contributed by atoms with van der Waals surface area (Å²) in [5, 5.41) is 2.16. The van der Waals surface area contributed by atoms with Crippen LogP contribution in [0.4, 0.5) is 13.2 Å². The second kappa shape index (κ2) is 5.48. The van der Waals surface area contributed by atoms with E-state index in [1.54, 1.807) is 24.3 Å². The number of carbonyl (C=O) groups is 1. The molecule has 0 saturated heterocycles. The molecule has 106 valence electrons. The van der Waals surface area contributed by atoms with Crippen molar-refractivity contribution in [2.75, 3.05) is 7.11 Å². The van der Waals surface area contributed by atoms with E-state index in [9.17, 15) is 18.0 Å². The van der Waals surface area contributed by atoms with Crippen LogP contribution in [0.5, 0.6) is 5.75 Å². The van der Waals surface area contributed by atoms with Crippen LogP contribution in [0.3, 0.4) is 0 Å². The van der Waals surface area contributed by atoms with E-state index in [-0.39, 0.29) is 6.54 Å². The van der Waals surface area contributed by atoms with Gasteiger partial charge >= 0.3 is 6.18 Å². The van der Waals surface area contributed by atoms with Crippen LogP contribution in [0.25, 0.3) is 0 Å². The van der Waals surface area contributed by atoms with E-state index in [2.05, 4.69) is 5.32 Å². The van der Waals surface area contributed by atoms with Crippen LogP contribution >= 0.6 is 0 Å². The van der Waals surface area contributed by atoms with Crippen LogP contribution in [0.15, 0.2) is 24.3 Å². The Hall–Kier alpha value is -1.76. The third kappa shape index (κ3) is 3.60. The largest absolute Gasteiger partial charge is 0.497 e. The molecular formula is C12H15F3N2O2. The van der Waals surface area contributed by atoms with E-state index in [0.29, 0.717) is 18.2 Å². The minimum absolute atomic E-state index is 0.0360. The van der Waals surface area contributed by atoms with Crippen LogP contribution < -0.4 is 15.8 Å². The molecule has 0 bridgehead atoms. The van der Waals surface area contributed by atoms with E-state index < -0.39 is 17.6 Å². The first kappa shape index (κ1) is 15.3. The predicted molar refractivity (Wildman–Crippen MR) is 63.5 cm³/mol. The van der Waals surface area contributed by atoms with Gasteiger partial charge in [-0.15, -0.1) is 0 Å². The summed E-state index contributed by atoms with van der Waals surface area (Å²) >= 11 is 0. The number of amides is 1. The minimum atomic E-state index is -4.79. The predicted octanol–water partition coefficient (Wildman–Crippen LogP) is 1.59. The van der Waals surface area contributed by atoms with E-state index in [1.165, 1.54) is 7.11 Å². The number of benzene rings is 1. The zero-order chi connectivity index (χ0) is 14.7. The molecule has 4 nitrogen and oxygen atoms in total. The summed E-state index contributed by atoms with van der Waals surface area (Å²) in [5.41, 5.74) is 2.73. The van der Waals surface area contributed by atoms with E-state index >= 15 is 0 Å². The standard InChI is InChI=1S/C12H15F3N2O2/c1-11(16,12(13,14)15)10(18)17-7-8-3-5-9(19-2)6-4-8/h3-6H,7,16H2,1-2H3,(H,17,18). The van der Waals surface area contributed by atoms with Crippen LogP contribution in [0, 0.1) is 0 Å². The Balaban J connectivity index is 2.63. The Morgan fingerprint density at radius 3 is 2.26 bits per heavy atom. The second-order valence-corrected chi connectivity index (χ2v) is 4.23. The molecule has 1 aromatic rings. The average molecular weight is 276 g/mol. The highest BCUT2D eigenvalue weighted by atomic mass is 19.4. The number of hydrogen-bond donors (Lipinski definition) is 2. The molecule has 0 aliphatic rings. The molecule has 0 aliphatic carbocycles. The summed E-state index contributed by atoms with van der Waals surface area (Å²) in [5.74, 6) is -0.648. The number of halogens is 3. The molecule has 1 unspecified atom stereocenters. The first-order valence-electron chi connectivity index (χ1n) is 5.45. The van der Waals surface area contributed by atoms with Crippen molar-refractivity contribution in [1.29, 1.82) is 0 Å². The van der Waals surface area contributed by atoms with E-state index in [1.807, 2.05) is 0 Å². The topological polar surface area (TPSA) is 64.3 Å². The summed E-state index contributed by atoms with van der Waals surface area (Å²) in [6.07, 6.45) is -4.79. The van der Waals surface area contributed by atoms with E-state index in [0.717, 1.165) is 0 Å². The third-order valence-electron chi connectivity index (χ3n) is 2.67. The highest BCUT2D eigenvalue weighted by Gasteiger charge is 2.53. The lowest BCUT2D eigenvalue weighted by Gasteiger charge is -2.26. The van der Waals surface area contributed by atoms with Gasteiger partial charge in [-0.1, -0.05) is 12.1 Å². The summed E-state index contributed by atoms with van der Waals surface area (Å²) < 4.78 is 42.5. The Morgan fingerprint density at radius 1 is 1.32 bits per heavy atom. The van der Waals surface area contributed by atoms with Gasteiger partial charge in [0.05, 0.1) is 7.11 Å². The van der Waals surface area contributed by atoms with Crippen molar-refractivity contribution in [1.82, 2.24) is 5.32 Å². The lowest BCUT2D eigenvalue weighted by Crippen LogP contribution is -2.61. The van der Waals surface area contributed by atoms with Crippen LogP contribution in [-0.4, -0.2) is 24.7 Å².